The minimum absolute atomic E-state index is 0.0101. The van der Waals surface area contributed by atoms with Crippen LogP contribution in [0.1, 0.15) is 48.3 Å². The van der Waals surface area contributed by atoms with Crippen molar-refractivity contribution in [1.29, 1.82) is 0 Å². The molecule has 1 amide bonds. The second-order valence-electron chi connectivity index (χ2n) is 6.76. The van der Waals surface area contributed by atoms with Gasteiger partial charge in [-0.1, -0.05) is 24.3 Å². The van der Waals surface area contributed by atoms with Crippen LogP contribution in [0.2, 0.25) is 0 Å². The first kappa shape index (κ1) is 15.8. The van der Waals surface area contributed by atoms with Crippen LogP contribution < -0.4 is 5.32 Å². The van der Waals surface area contributed by atoms with E-state index in [-0.39, 0.29) is 11.9 Å². The summed E-state index contributed by atoms with van der Waals surface area (Å²) in [5.41, 5.74) is 4.72. The zero-order valence-corrected chi connectivity index (χ0v) is 14.4. The largest absolute Gasteiger partial charge is 0.346 e. The van der Waals surface area contributed by atoms with E-state index in [1.807, 2.05) is 35.7 Å². The van der Waals surface area contributed by atoms with Gasteiger partial charge in [-0.3, -0.25) is 9.20 Å². The Kier molecular flexibility index (Phi) is 4.22. The molecule has 128 valence electrons. The van der Waals surface area contributed by atoms with Crippen molar-refractivity contribution in [1.82, 2.24) is 19.9 Å². The Bertz CT molecular complexity index is 915. The van der Waals surface area contributed by atoms with Crippen LogP contribution in [-0.2, 0) is 24.1 Å². The fourth-order valence-electron chi connectivity index (χ4n) is 3.59. The van der Waals surface area contributed by atoms with Crippen molar-refractivity contribution in [2.45, 2.75) is 45.1 Å². The fourth-order valence-corrected chi connectivity index (χ4v) is 3.59. The van der Waals surface area contributed by atoms with Gasteiger partial charge in [0, 0.05) is 6.20 Å². The van der Waals surface area contributed by atoms with Gasteiger partial charge in [0.1, 0.15) is 0 Å². The number of aryl methyl sites for hydroxylation is 2. The highest BCUT2D eigenvalue weighted by Crippen LogP contribution is 2.22. The number of benzene rings is 1. The van der Waals surface area contributed by atoms with Crippen molar-refractivity contribution >= 4 is 11.6 Å². The van der Waals surface area contributed by atoms with E-state index in [1.54, 1.807) is 0 Å². The summed E-state index contributed by atoms with van der Waals surface area (Å²) < 4.78 is 1.91. The Balaban J connectivity index is 1.45. The van der Waals surface area contributed by atoms with Gasteiger partial charge < -0.3 is 5.32 Å². The molecule has 2 aromatic heterocycles. The minimum Gasteiger partial charge on any atom is -0.346 e. The number of rotatable bonds is 4. The third kappa shape index (κ3) is 3.27. The van der Waals surface area contributed by atoms with Crippen LogP contribution in [-0.4, -0.2) is 20.5 Å². The van der Waals surface area contributed by atoms with Crippen molar-refractivity contribution in [2.24, 2.45) is 0 Å². The number of carbonyl (C=O) groups excluding carboxylic acids is 1. The van der Waals surface area contributed by atoms with Gasteiger partial charge in [0.2, 0.25) is 5.91 Å². The average Bonchev–Trinajstić information content (AvgIpc) is 3.05. The Hall–Kier alpha value is -2.69. The molecule has 1 atom stereocenters. The molecule has 1 aliphatic rings. The zero-order valence-electron chi connectivity index (χ0n) is 14.4. The fraction of sp³-hybridized carbons (Fsp3) is 0.350. The highest BCUT2D eigenvalue weighted by atomic mass is 16.1. The molecule has 5 heteroatoms. The lowest BCUT2D eigenvalue weighted by atomic mass is 9.90. The van der Waals surface area contributed by atoms with E-state index < -0.39 is 0 Å². The lowest BCUT2D eigenvalue weighted by molar-refractivity contribution is -0.121. The van der Waals surface area contributed by atoms with Crippen molar-refractivity contribution < 1.29 is 4.79 Å². The first-order chi connectivity index (χ1) is 12.2. The number of carbonyl (C=O) groups is 1. The Morgan fingerprint density at radius 1 is 1.16 bits per heavy atom. The number of nitrogens with zero attached hydrogens (tertiary/aromatic N) is 3. The van der Waals surface area contributed by atoms with Crippen LogP contribution >= 0.6 is 0 Å². The van der Waals surface area contributed by atoms with Crippen LogP contribution in [0.3, 0.4) is 0 Å². The number of pyridine rings is 1. The predicted molar refractivity (Wildman–Crippen MR) is 96.3 cm³/mol. The minimum atomic E-state index is -0.192. The second kappa shape index (κ2) is 6.67. The second-order valence-corrected chi connectivity index (χ2v) is 6.76. The lowest BCUT2D eigenvalue weighted by Gasteiger charge is -2.17. The van der Waals surface area contributed by atoms with E-state index in [1.165, 1.54) is 30.4 Å². The SMILES string of the molecule is CC(NC(=O)Cc1ccc2c(c1)CCCC2)c1nnc2ccccn12. The molecule has 3 aromatic rings. The summed E-state index contributed by atoms with van der Waals surface area (Å²) in [4.78, 5) is 12.5. The van der Waals surface area contributed by atoms with Crippen LogP contribution in [0.15, 0.2) is 42.6 Å². The number of amides is 1. The number of aromatic nitrogens is 3. The van der Waals surface area contributed by atoms with Gasteiger partial charge in [-0.25, -0.2) is 0 Å². The molecule has 1 unspecified atom stereocenters. The van der Waals surface area contributed by atoms with E-state index >= 15 is 0 Å². The molecule has 25 heavy (non-hydrogen) atoms. The first-order valence-electron chi connectivity index (χ1n) is 8.90. The van der Waals surface area contributed by atoms with Gasteiger partial charge in [0.05, 0.1) is 12.5 Å². The number of nitrogens with one attached hydrogen (secondary N) is 1. The molecule has 0 spiro atoms. The molecule has 5 nitrogen and oxygen atoms in total. The van der Waals surface area contributed by atoms with E-state index in [2.05, 4.69) is 33.7 Å². The summed E-state index contributed by atoms with van der Waals surface area (Å²) in [6.45, 7) is 1.94. The van der Waals surface area contributed by atoms with Crippen LogP contribution in [0, 0.1) is 0 Å². The van der Waals surface area contributed by atoms with Gasteiger partial charge in [0.25, 0.3) is 0 Å². The van der Waals surface area contributed by atoms with Crippen LogP contribution in [0.5, 0.6) is 0 Å². The molecule has 0 saturated heterocycles. The maximum Gasteiger partial charge on any atom is 0.224 e. The van der Waals surface area contributed by atoms with Gasteiger partial charge >= 0.3 is 0 Å². The maximum atomic E-state index is 12.5. The van der Waals surface area contributed by atoms with Gasteiger partial charge in [0.15, 0.2) is 11.5 Å². The van der Waals surface area contributed by atoms with E-state index in [4.69, 9.17) is 0 Å². The molecule has 0 fully saturated rings. The summed E-state index contributed by atoms with van der Waals surface area (Å²) in [5.74, 6) is 0.755. The summed E-state index contributed by atoms with van der Waals surface area (Å²) >= 11 is 0. The van der Waals surface area contributed by atoms with Crippen molar-refractivity contribution in [3.8, 4) is 0 Å². The standard InChI is InChI=1S/C20H22N4O/c1-14(20-23-22-18-8-4-5-11-24(18)20)21-19(25)13-15-9-10-16-6-2-3-7-17(16)12-15/h4-5,8-12,14H,2-3,6-7,13H2,1H3,(H,21,25). The normalized spacial score (nSPS) is 14.9. The molecule has 0 radical (unpaired) electrons. The third-order valence-electron chi connectivity index (χ3n) is 4.88. The molecule has 4 rings (SSSR count). The number of fused-ring (bicyclic) bond motifs is 2. The van der Waals surface area contributed by atoms with Crippen molar-refractivity contribution in [2.75, 3.05) is 0 Å². The molecule has 1 aromatic carbocycles. The molecule has 2 heterocycles. The van der Waals surface area contributed by atoms with Gasteiger partial charge in [-0.15, -0.1) is 10.2 Å². The molecule has 1 N–H and O–H groups in total. The maximum absolute atomic E-state index is 12.5. The molecule has 0 aliphatic heterocycles. The zero-order chi connectivity index (χ0) is 17.2. The Morgan fingerprint density at radius 3 is 2.88 bits per heavy atom. The van der Waals surface area contributed by atoms with E-state index in [0.29, 0.717) is 6.42 Å². The number of hydrogen-bond acceptors (Lipinski definition) is 3. The van der Waals surface area contributed by atoms with Crippen molar-refractivity contribution in [3.63, 3.8) is 0 Å². The summed E-state index contributed by atoms with van der Waals surface area (Å²) in [6.07, 6.45) is 7.13. The van der Waals surface area contributed by atoms with Crippen molar-refractivity contribution in [3.05, 3.63) is 65.1 Å². The Morgan fingerprint density at radius 2 is 2.00 bits per heavy atom. The smallest absolute Gasteiger partial charge is 0.224 e. The van der Waals surface area contributed by atoms with E-state index in [9.17, 15) is 4.79 Å². The molecular formula is C20H22N4O. The molecular weight excluding hydrogens is 312 g/mol. The van der Waals surface area contributed by atoms with Gasteiger partial charge in [-0.2, -0.15) is 0 Å². The monoisotopic (exact) mass is 334 g/mol. The summed E-state index contributed by atoms with van der Waals surface area (Å²) in [6, 6.07) is 12.0. The quantitative estimate of drug-likeness (QED) is 0.798. The van der Waals surface area contributed by atoms with Crippen LogP contribution in [0.25, 0.3) is 5.65 Å². The Labute approximate surface area is 147 Å². The highest BCUT2D eigenvalue weighted by Gasteiger charge is 2.16. The summed E-state index contributed by atoms with van der Waals surface area (Å²) in [5, 5.41) is 11.4. The predicted octanol–water partition coefficient (Wildman–Crippen LogP) is 3.03. The topological polar surface area (TPSA) is 59.3 Å². The summed E-state index contributed by atoms with van der Waals surface area (Å²) in [7, 11) is 0. The highest BCUT2D eigenvalue weighted by molar-refractivity contribution is 5.79. The molecule has 1 aliphatic carbocycles. The molecule has 0 bridgehead atoms. The third-order valence-corrected chi connectivity index (χ3v) is 4.88. The van der Waals surface area contributed by atoms with Gasteiger partial charge in [-0.05, 0) is 61.4 Å². The number of hydrogen-bond donors (Lipinski definition) is 1. The van der Waals surface area contributed by atoms with Crippen LogP contribution in [0.4, 0.5) is 0 Å². The molecule has 0 saturated carbocycles. The first-order valence-corrected chi connectivity index (χ1v) is 8.90. The average molecular weight is 334 g/mol. The van der Waals surface area contributed by atoms with E-state index in [0.717, 1.165) is 23.5 Å². The lowest BCUT2D eigenvalue weighted by Crippen LogP contribution is -2.29.